The number of fused-ring (bicyclic) bond motifs is 1. The van der Waals surface area contributed by atoms with Gasteiger partial charge in [0.2, 0.25) is 11.5 Å². The predicted molar refractivity (Wildman–Crippen MR) is 119 cm³/mol. The fraction of sp³-hybridized carbons (Fsp3) is 0.238. The zero-order chi connectivity index (χ0) is 25.0. The third-order valence-corrected chi connectivity index (χ3v) is 4.90. The third kappa shape index (κ3) is 4.18. The minimum absolute atomic E-state index is 0.00381. The Bertz CT molecular complexity index is 1350. The van der Waals surface area contributed by atoms with Gasteiger partial charge in [0.25, 0.3) is 17.4 Å². The van der Waals surface area contributed by atoms with E-state index in [0.717, 1.165) is 10.7 Å². The first-order valence-electron chi connectivity index (χ1n) is 9.86. The summed E-state index contributed by atoms with van der Waals surface area (Å²) in [6.45, 7) is 1.91. The van der Waals surface area contributed by atoms with Gasteiger partial charge in [0.15, 0.2) is 11.4 Å². The Morgan fingerprint density at radius 1 is 1.03 bits per heavy atom. The number of carbonyl (C=O) groups excluding carboxylic acids is 2. The lowest BCUT2D eigenvalue weighted by Gasteiger charge is -2.15. The van der Waals surface area contributed by atoms with Crippen LogP contribution in [-0.2, 0) is 6.54 Å². The molecule has 0 radical (unpaired) electrons. The van der Waals surface area contributed by atoms with Crippen LogP contribution < -0.4 is 30.6 Å². The monoisotopic (exact) mass is 471 g/mol. The average molecular weight is 471 g/mol. The fourth-order valence-electron chi connectivity index (χ4n) is 3.35. The Morgan fingerprint density at radius 3 is 2.21 bits per heavy atom. The first-order chi connectivity index (χ1) is 16.3. The molecule has 0 aliphatic carbocycles. The number of amides is 2. The highest BCUT2D eigenvalue weighted by Crippen LogP contribution is 2.46. The summed E-state index contributed by atoms with van der Waals surface area (Å²) in [6.07, 6.45) is 0. The van der Waals surface area contributed by atoms with Crippen LogP contribution in [0.25, 0.3) is 10.8 Å². The van der Waals surface area contributed by atoms with Gasteiger partial charge in [-0.1, -0.05) is 18.2 Å². The van der Waals surface area contributed by atoms with E-state index in [1.54, 1.807) is 31.2 Å². The highest BCUT2D eigenvalue weighted by Gasteiger charge is 2.32. The molecule has 0 saturated heterocycles. The van der Waals surface area contributed by atoms with Gasteiger partial charge in [-0.05, 0) is 13.0 Å². The molecule has 0 bridgehead atoms. The number of benzene rings is 2. The number of ether oxygens (including phenoxy) is 3. The summed E-state index contributed by atoms with van der Waals surface area (Å²) in [6, 6.07) is 7.47. The molecule has 34 heavy (non-hydrogen) atoms. The minimum atomic E-state index is -1.02. The van der Waals surface area contributed by atoms with Crippen molar-refractivity contribution in [3.8, 4) is 17.2 Å². The summed E-state index contributed by atoms with van der Waals surface area (Å²) in [7, 11) is 3.72. The lowest BCUT2D eigenvalue weighted by Crippen LogP contribution is -2.43. The summed E-state index contributed by atoms with van der Waals surface area (Å²) in [5.74, 6) is -2.25. The fourth-order valence-corrected chi connectivity index (χ4v) is 3.35. The van der Waals surface area contributed by atoms with E-state index in [4.69, 9.17) is 14.2 Å². The number of nitrogens with one attached hydrogen (secondary N) is 2. The van der Waals surface area contributed by atoms with E-state index in [0.29, 0.717) is 0 Å². The number of aryl methyl sites for hydroxylation is 1. The van der Waals surface area contributed by atoms with Crippen LogP contribution in [0.5, 0.6) is 17.2 Å². The largest absolute Gasteiger partial charge is 0.493 e. The van der Waals surface area contributed by atoms with Crippen LogP contribution in [0.2, 0.25) is 0 Å². The Kier molecular flexibility index (Phi) is 6.95. The molecule has 13 nitrogen and oxygen atoms in total. The molecule has 3 rings (SSSR count). The van der Waals surface area contributed by atoms with Crippen molar-refractivity contribution in [2.45, 2.75) is 13.5 Å². The number of rotatable bonds is 7. The second-order valence-electron chi connectivity index (χ2n) is 6.72. The quantitative estimate of drug-likeness (QED) is 0.383. The predicted octanol–water partition coefficient (Wildman–Crippen LogP) is 1.43. The lowest BCUT2D eigenvalue weighted by atomic mass is 10.1. The molecular weight excluding hydrogens is 450 g/mol. The summed E-state index contributed by atoms with van der Waals surface area (Å²) in [4.78, 5) is 49.0. The average Bonchev–Trinajstić information content (AvgIpc) is 2.85. The van der Waals surface area contributed by atoms with Crippen molar-refractivity contribution in [2.75, 3.05) is 21.3 Å². The van der Waals surface area contributed by atoms with E-state index in [-0.39, 0.29) is 45.8 Å². The molecular formula is C21H21N5O8. The van der Waals surface area contributed by atoms with Gasteiger partial charge in [0.1, 0.15) is 5.56 Å². The molecule has 0 saturated carbocycles. The van der Waals surface area contributed by atoms with Gasteiger partial charge in [0, 0.05) is 18.0 Å². The molecule has 13 heteroatoms. The van der Waals surface area contributed by atoms with E-state index in [9.17, 15) is 24.5 Å². The van der Waals surface area contributed by atoms with Crippen LogP contribution in [0, 0.1) is 10.1 Å². The number of hydrogen-bond donors (Lipinski definition) is 2. The van der Waals surface area contributed by atoms with Crippen molar-refractivity contribution in [1.29, 1.82) is 0 Å². The normalized spacial score (nSPS) is 10.5. The molecule has 3 aromatic rings. The van der Waals surface area contributed by atoms with Gasteiger partial charge in [-0.25, -0.2) is 4.68 Å². The number of carbonyl (C=O) groups is 2. The SMILES string of the molecule is CCn1nc(C(=O)NNC(=O)c2cc(OC)c(OC)c(OC)c2[N+](=O)[O-])c2ccccc2c1=O. The molecule has 2 N–H and O–H groups in total. The highest BCUT2D eigenvalue weighted by molar-refractivity contribution is 6.07. The maximum atomic E-state index is 12.8. The molecule has 0 aliphatic rings. The van der Waals surface area contributed by atoms with E-state index in [1.807, 2.05) is 0 Å². The molecule has 0 aliphatic heterocycles. The van der Waals surface area contributed by atoms with Crippen molar-refractivity contribution in [3.63, 3.8) is 0 Å². The molecule has 0 spiro atoms. The van der Waals surface area contributed by atoms with Crippen LogP contribution in [0.15, 0.2) is 35.1 Å². The van der Waals surface area contributed by atoms with Crippen LogP contribution in [-0.4, -0.2) is 47.8 Å². The number of hydrogen-bond acceptors (Lipinski definition) is 9. The molecule has 1 heterocycles. The van der Waals surface area contributed by atoms with Gasteiger partial charge in [-0.15, -0.1) is 0 Å². The van der Waals surface area contributed by atoms with Gasteiger partial charge in [0.05, 0.1) is 31.6 Å². The minimum Gasteiger partial charge on any atom is -0.493 e. The van der Waals surface area contributed by atoms with Gasteiger partial charge < -0.3 is 14.2 Å². The van der Waals surface area contributed by atoms with Crippen LogP contribution >= 0.6 is 0 Å². The first-order valence-corrected chi connectivity index (χ1v) is 9.86. The van der Waals surface area contributed by atoms with Gasteiger partial charge in [-0.3, -0.25) is 35.3 Å². The number of nitro groups is 1. The molecule has 178 valence electrons. The first kappa shape index (κ1) is 24.0. The molecule has 0 fully saturated rings. The Hall–Kier alpha value is -4.68. The standard InChI is InChI=1S/C21H21N5O8/c1-5-25-21(29)12-9-7-6-8-11(12)15(24-25)20(28)23-22-19(27)13-10-14(32-2)17(33-3)18(34-4)16(13)26(30)31/h6-10H,5H2,1-4H3,(H,22,27)(H,23,28). The van der Waals surface area contributed by atoms with Crippen molar-refractivity contribution in [2.24, 2.45) is 0 Å². The molecule has 2 aromatic carbocycles. The molecule has 0 atom stereocenters. The summed E-state index contributed by atoms with van der Waals surface area (Å²) >= 11 is 0. The van der Waals surface area contributed by atoms with Crippen molar-refractivity contribution >= 4 is 28.3 Å². The third-order valence-electron chi connectivity index (χ3n) is 4.90. The Labute approximate surface area is 192 Å². The van der Waals surface area contributed by atoms with E-state index in [2.05, 4.69) is 16.0 Å². The van der Waals surface area contributed by atoms with Gasteiger partial charge >= 0.3 is 5.69 Å². The van der Waals surface area contributed by atoms with Crippen molar-refractivity contribution in [1.82, 2.24) is 20.6 Å². The Balaban J connectivity index is 1.98. The topological polar surface area (TPSA) is 164 Å². The molecule has 0 unspecified atom stereocenters. The number of aromatic nitrogens is 2. The van der Waals surface area contributed by atoms with E-state index in [1.165, 1.54) is 21.3 Å². The zero-order valence-corrected chi connectivity index (χ0v) is 18.7. The molecule has 1 aromatic heterocycles. The summed E-state index contributed by atoms with van der Waals surface area (Å²) in [5, 5.41) is 16.3. The van der Waals surface area contributed by atoms with Crippen molar-refractivity contribution in [3.05, 3.63) is 62.1 Å². The second kappa shape index (κ2) is 9.85. The van der Waals surface area contributed by atoms with Gasteiger partial charge in [-0.2, -0.15) is 5.10 Å². The number of hydrazine groups is 1. The second-order valence-corrected chi connectivity index (χ2v) is 6.72. The summed E-state index contributed by atoms with van der Waals surface area (Å²) < 4.78 is 16.5. The van der Waals surface area contributed by atoms with Crippen LogP contribution in [0.4, 0.5) is 5.69 Å². The summed E-state index contributed by atoms with van der Waals surface area (Å²) in [5.41, 5.74) is 2.69. The van der Waals surface area contributed by atoms with Crippen LogP contribution in [0.3, 0.4) is 0 Å². The highest BCUT2D eigenvalue weighted by atomic mass is 16.6. The maximum absolute atomic E-state index is 12.8. The lowest BCUT2D eigenvalue weighted by molar-refractivity contribution is -0.386. The number of methoxy groups -OCH3 is 3. The van der Waals surface area contributed by atoms with E-state index >= 15 is 0 Å². The number of nitro benzene ring substituents is 1. The molecule has 2 amide bonds. The van der Waals surface area contributed by atoms with Crippen molar-refractivity contribution < 1.29 is 28.7 Å². The number of nitrogens with zero attached hydrogens (tertiary/aromatic N) is 3. The maximum Gasteiger partial charge on any atom is 0.327 e. The Morgan fingerprint density at radius 2 is 1.65 bits per heavy atom. The zero-order valence-electron chi connectivity index (χ0n) is 18.7. The smallest absolute Gasteiger partial charge is 0.327 e. The van der Waals surface area contributed by atoms with E-state index < -0.39 is 28.0 Å². The van der Waals surface area contributed by atoms with Crippen LogP contribution in [0.1, 0.15) is 27.8 Å².